The van der Waals surface area contributed by atoms with E-state index in [1.54, 1.807) is 36.4 Å². The van der Waals surface area contributed by atoms with Gasteiger partial charge in [0.25, 0.3) is 0 Å². The van der Waals surface area contributed by atoms with E-state index in [0.29, 0.717) is 28.2 Å². The number of rotatable bonds is 7. The van der Waals surface area contributed by atoms with Gasteiger partial charge in [-0.05, 0) is 29.8 Å². The van der Waals surface area contributed by atoms with E-state index >= 15 is 0 Å². The first-order chi connectivity index (χ1) is 13.6. The maximum absolute atomic E-state index is 12.2. The van der Waals surface area contributed by atoms with Crippen molar-refractivity contribution in [2.45, 2.75) is 13.2 Å². The van der Waals surface area contributed by atoms with Gasteiger partial charge in [-0.15, -0.1) is 0 Å². The topological polar surface area (TPSA) is 44.8 Å². The summed E-state index contributed by atoms with van der Waals surface area (Å²) >= 11 is 12.2. The van der Waals surface area contributed by atoms with Crippen molar-refractivity contribution in [2.24, 2.45) is 0 Å². The van der Waals surface area contributed by atoms with Crippen LogP contribution < -0.4 is 9.47 Å². The number of hydrogen-bond acceptors (Lipinski definition) is 4. The Morgan fingerprint density at radius 2 is 1.68 bits per heavy atom. The normalized spacial score (nSPS) is 10.4. The number of hydrogen-bond donors (Lipinski definition) is 0. The minimum atomic E-state index is -0.512. The molecule has 3 aromatic carbocycles. The summed E-state index contributed by atoms with van der Waals surface area (Å²) in [5.74, 6) is 0.232. The summed E-state index contributed by atoms with van der Waals surface area (Å²) in [6.07, 6.45) is 0. The molecule has 0 heterocycles. The summed E-state index contributed by atoms with van der Waals surface area (Å²) in [6, 6.07) is 19.9. The molecule has 0 aliphatic rings. The van der Waals surface area contributed by atoms with E-state index in [4.69, 9.17) is 37.4 Å². The summed E-state index contributed by atoms with van der Waals surface area (Å²) in [5, 5.41) is 1.02. The van der Waals surface area contributed by atoms with E-state index in [1.807, 2.05) is 30.3 Å². The van der Waals surface area contributed by atoms with Crippen molar-refractivity contribution in [3.8, 4) is 11.5 Å². The van der Waals surface area contributed by atoms with Gasteiger partial charge in [0, 0.05) is 15.6 Å². The fourth-order valence-electron chi connectivity index (χ4n) is 2.57. The van der Waals surface area contributed by atoms with Crippen molar-refractivity contribution < 1.29 is 19.0 Å². The highest BCUT2D eigenvalue weighted by Gasteiger charge is 2.19. The predicted octanol–water partition coefficient (Wildman–Crippen LogP) is 5.94. The lowest BCUT2D eigenvalue weighted by Gasteiger charge is -2.16. The molecule has 4 nitrogen and oxygen atoms in total. The smallest absolute Gasteiger partial charge is 0.341 e. The highest BCUT2D eigenvalue weighted by molar-refractivity contribution is 6.35. The average Bonchev–Trinajstić information content (AvgIpc) is 2.72. The first kappa shape index (κ1) is 20.1. The van der Waals surface area contributed by atoms with Gasteiger partial charge in [0.1, 0.15) is 18.8 Å². The molecule has 3 aromatic rings. The number of esters is 1. The molecule has 0 aliphatic carbocycles. The largest absolute Gasteiger partial charge is 0.485 e. The van der Waals surface area contributed by atoms with Gasteiger partial charge >= 0.3 is 5.97 Å². The number of para-hydroxylation sites is 1. The van der Waals surface area contributed by atoms with Crippen molar-refractivity contribution >= 4 is 29.2 Å². The summed E-state index contributed by atoms with van der Waals surface area (Å²) in [7, 11) is 1.32. The van der Waals surface area contributed by atoms with E-state index < -0.39 is 5.97 Å². The lowest BCUT2D eigenvalue weighted by molar-refractivity contribution is 0.0594. The molecule has 6 heteroatoms. The van der Waals surface area contributed by atoms with E-state index in [-0.39, 0.29) is 12.2 Å². The highest BCUT2D eigenvalue weighted by atomic mass is 35.5. The van der Waals surface area contributed by atoms with Crippen LogP contribution in [0.25, 0.3) is 0 Å². The lowest BCUT2D eigenvalue weighted by atomic mass is 10.1. The van der Waals surface area contributed by atoms with Crippen molar-refractivity contribution in [3.63, 3.8) is 0 Å². The maximum atomic E-state index is 12.2. The minimum Gasteiger partial charge on any atom is -0.485 e. The Bertz CT molecular complexity index is 958. The first-order valence-electron chi connectivity index (χ1n) is 8.53. The average molecular weight is 417 g/mol. The van der Waals surface area contributed by atoms with Crippen LogP contribution in [0.15, 0.2) is 66.7 Å². The quantitative estimate of drug-likeness (QED) is 0.447. The van der Waals surface area contributed by atoms with Crippen molar-refractivity contribution in [2.75, 3.05) is 7.11 Å². The van der Waals surface area contributed by atoms with Crippen LogP contribution in [0.3, 0.4) is 0 Å². The molecule has 28 heavy (non-hydrogen) atoms. The molecular formula is C22H18Cl2O4. The molecular weight excluding hydrogens is 399 g/mol. The number of benzene rings is 3. The van der Waals surface area contributed by atoms with Gasteiger partial charge in [-0.3, -0.25) is 0 Å². The van der Waals surface area contributed by atoms with Gasteiger partial charge in [0.2, 0.25) is 0 Å². The number of carbonyl (C=O) groups is 1. The van der Waals surface area contributed by atoms with Gasteiger partial charge in [-0.25, -0.2) is 4.79 Å². The molecule has 0 aromatic heterocycles. The van der Waals surface area contributed by atoms with Crippen LogP contribution in [0.2, 0.25) is 10.0 Å². The third kappa shape index (κ3) is 4.97. The predicted molar refractivity (Wildman–Crippen MR) is 109 cm³/mol. The van der Waals surface area contributed by atoms with Crippen LogP contribution in [0.5, 0.6) is 11.5 Å². The third-order valence-corrected chi connectivity index (χ3v) is 4.60. The molecule has 0 aliphatic heterocycles. The lowest BCUT2D eigenvalue weighted by Crippen LogP contribution is -2.08. The first-order valence-corrected chi connectivity index (χ1v) is 9.29. The molecule has 0 saturated carbocycles. The summed E-state index contributed by atoms with van der Waals surface area (Å²) in [4.78, 5) is 12.2. The molecule has 0 spiro atoms. The minimum absolute atomic E-state index is 0.145. The molecule has 0 N–H and O–H groups in total. The van der Waals surface area contributed by atoms with Gasteiger partial charge in [-0.2, -0.15) is 0 Å². The van der Waals surface area contributed by atoms with Crippen molar-refractivity contribution in [1.29, 1.82) is 0 Å². The Morgan fingerprint density at radius 1 is 0.893 bits per heavy atom. The number of carbonyl (C=O) groups excluding carboxylic acids is 1. The third-order valence-electron chi connectivity index (χ3n) is 4.01. The van der Waals surface area contributed by atoms with Gasteiger partial charge in [0.15, 0.2) is 11.5 Å². The molecule has 0 radical (unpaired) electrons. The molecule has 0 saturated heterocycles. The Labute approximate surface area is 173 Å². The van der Waals surface area contributed by atoms with Crippen LogP contribution in [0, 0.1) is 0 Å². The molecule has 144 valence electrons. The number of methoxy groups -OCH3 is 1. The summed E-state index contributed by atoms with van der Waals surface area (Å²) in [6.45, 7) is 0.481. The summed E-state index contributed by atoms with van der Waals surface area (Å²) < 4.78 is 16.7. The van der Waals surface area contributed by atoms with Crippen molar-refractivity contribution in [3.05, 3.63) is 93.5 Å². The monoisotopic (exact) mass is 416 g/mol. The van der Waals surface area contributed by atoms with E-state index in [1.165, 1.54) is 7.11 Å². The van der Waals surface area contributed by atoms with Crippen LogP contribution in [0.1, 0.15) is 21.5 Å². The zero-order valence-corrected chi connectivity index (χ0v) is 16.7. The zero-order valence-electron chi connectivity index (χ0n) is 15.2. The SMILES string of the molecule is COC(=O)c1cccc(OCc2ccccc2)c1OCc1ccc(Cl)cc1Cl. The van der Waals surface area contributed by atoms with Gasteiger partial charge < -0.3 is 14.2 Å². The fraction of sp³-hybridized carbons (Fsp3) is 0.136. The molecule has 3 rings (SSSR count). The molecule has 0 fully saturated rings. The number of halogens is 2. The fourth-order valence-corrected chi connectivity index (χ4v) is 3.04. The number of ether oxygens (including phenoxy) is 3. The second kappa shape index (κ2) is 9.49. The molecule has 0 atom stereocenters. The zero-order chi connectivity index (χ0) is 19.9. The van der Waals surface area contributed by atoms with E-state index in [2.05, 4.69) is 0 Å². The maximum Gasteiger partial charge on any atom is 0.341 e. The van der Waals surface area contributed by atoms with Crippen LogP contribution in [-0.4, -0.2) is 13.1 Å². The Morgan fingerprint density at radius 3 is 2.39 bits per heavy atom. The summed E-state index contributed by atoms with van der Waals surface area (Å²) in [5.41, 5.74) is 2.01. The van der Waals surface area contributed by atoms with Crippen LogP contribution in [0.4, 0.5) is 0 Å². The standard InChI is InChI=1S/C22H18Cl2O4/c1-26-22(25)18-8-5-9-20(27-13-15-6-3-2-4-7-15)21(18)28-14-16-10-11-17(23)12-19(16)24/h2-12H,13-14H2,1H3. The Kier molecular flexibility index (Phi) is 6.80. The van der Waals surface area contributed by atoms with Crippen LogP contribution in [-0.2, 0) is 18.0 Å². The van der Waals surface area contributed by atoms with Gasteiger partial charge in [-0.1, -0.05) is 65.7 Å². The van der Waals surface area contributed by atoms with Gasteiger partial charge in [0.05, 0.1) is 7.11 Å². The second-order valence-electron chi connectivity index (χ2n) is 5.92. The van der Waals surface area contributed by atoms with Crippen LogP contribution >= 0.6 is 23.2 Å². The Hall–Kier alpha value is -2.69. The van der Waals surface area contributed by atoms with E-state index in [0.717, 1.165) is 11.1 Å². The molecule has 0 amide bonds. The van der Waals surface area contributed by atoms with Crippen molar-refractivity contribution in [1.82, 2.24) is 0 Å². The van der Waals surface area contributed by atoms with E-state index in [9.17, 15) is 4.79 Å². The second-order valence-corrected chi connectivity index (χ2v) is 6.77. The molecule has 0 unspecified atom stereocenters. The molecule has 0 bridgehead atoms. The highest BCUT2D eigenvalue weighted by Crippen LogP contribution is 2.34. The Balaban J connectivity index is 1.86.